The van der Waals surface area contributed by atoms with Crippen molar-refractivity contribution in [1.29, 1.82) is 0 Å². The lowest BCUT2D eigenvalue weighted by molar-refractivity contribution is -0.123. The van der Waals surface area contributed by atoms with Crippen LogP contribution in [0.25, 0.3) is 0 Å². The summed E-state index contributed by atoms with van der Waals surface area (Å²) >= 11 is 0. The predicted molar refractivity (Wildman–Crippen MR) is 121 cm³/mol. The van der Waals surface area contributed by atoms with E-state index in [2.05, 4.69) is 46.3 Å². The second kappa shape index (κ2) is 11.5. The molecular weight excluding hydrogens is 392 g/mol. The minimum atomic E-state index is -0.379. The van der Waals surface area contributed by atoms with Crippen LogP contribution in [0.4, 0.5) is 0 Å². The Morgan fingerprint density at radius 1 is 0.903 bits per heavy atom. The average Bonchev–Trinajstić information content (AvgIpc) is 2.78. The number of hydrogen-bond acceptors (Lipinski definition) is 5. The Kier molecular flexibility index (Phi) is 8.44. The fraction of sp³-hybridized carbons (Fsp3) is 0.417. The molecule has 166 valence electrons. The number of nitrogens with one attached hydrogen (secondary N) is 1. The lowest BCUT2D eigenvalue weighted by Crippen LogP contribution is -2.45. The molecule has 0 unspecified atom stereocenters. The molecule has 2 aromatic rings. The minimum Gasteiger partial charge on any atom is -0.484 e. The zero-order valence-corrected chi connectivity index (χ0v) is 18.2. The molecule has 0 atom stereocenters. The maximum absolute atomic E-state index is 12.1. The molecular formula is C24H32N4O3. The maximum atomic E-state index is 12.1. The number of nitrogens with two attached hydrogens (primary N) is 1. The summed E-state index contributed by atoms with van der Waals surface area (Å²) in [5.74, 6) is 0.0162. The van der Waals surface area contributed by atoms with Gasteiger partial charge in [0.05, 0.1) is 6.42 Å². The van der Waals surface area contributed by atoms with E-state index in [1.807, 2.05) is 0 Å². The maximum Gasteiger partial charge on any atom is 0.258 e. The molecule has 7 nitrogen and oxygen atoms in total. The van der Waals surface area contributed by atoms with E-state index in [4.69, 9.17) is 10.5 Å². The highest BCUT2D eigenvalue weighted by atomic mass is 16.5. The topological polar surface area (TPSA) is 87.9 Å². The fourth-order valence-corrected chi connectivity index (χ4v) is 3.59. The number of primary amides is 1. The van der Waals surface area contributed by atoms with Crippen LogP contribution >= 0.6 is 0 Å². The van der Waals surface area contributed by atoms with Gasteiger partial charge in [0.1, 0.15) is 5.75 Å². The molecule has 0 aliphatic carbocycles. The average molecular weight is 425 g/mol. The van der Waals surface area contributed by atoms with E-state index in [0.717, 1.165) is 50.4 Å². The molecule has 0 bridgehead atoms. The SMILES string of the molecule is CCN1CCN(Cc2ccc(CNC(=O)COc3ccc(CC(N)=O)cc3)cc2)CC1. The Morgan fingerprint density at radius 3 is 2.10 bits per heavy atom. The van der Waals surface area contributed by atoms with Crippen molar-refractivity contribution in [2.45, 2.75) is 26.4 Å². The highest BCUT2D eigenvalue weighted by Gasteiger charge is 2.15. The van der Waals surface area contributed by atoms with Crippen LogP contribution in [0.15, 0.2) is 48.5 Å². The molecule has 0 spiro atoms. The van der Waals surface area contributed by atoms with Crippen LogP contribution in [0, 0.1) is 0 Å². The first-order valence-electron chi connectivity index (χ1n) is 10.8. The minimum absolute atomic E-state index is 0.0585. The number of amides is 2. The second-order valence-electron chi connectivity index (χ2n) is 7.88. The lowest BCUT2D eigenvalue weighted by Gasteiger charge is -2.34. The number of carbonyl (C=O) groups excluding carboxylic acids is 2. The van der Waals surface area contributed by atoms with Crippen molar-refractivity contribution in [3.63, 3.8) is 0 Å². The first kappa shape index (κ1) is 22.8. The van der Waals surface area contributed by atoms with E-state index < -0.39 is 0 Å². The molecule has 2 aromatic carbocycles. The van der Waals surface area contributed by atoms with Crippen LogP contribution in [-0.2, 0) is 29.1 Å². The number of carbonyl (C=O) groups is 2. The van der Waals surface area contributed by atoms with E-state index in [9.17, 15) is 9.59 Å². The number of hydrogen-bond donors (Lipinski definition) is 2. The third-order valence-electron chi connectivity index (χ3n) is 5.50. The summed E-state index contributed by atoms with van der Waals surface area (Å²) in [6.07, 6.45) is 0.190. The Hall–Kier alpha value is -2.90. The molecule has 3 N–H and O–H groups in total. The Labute approximate surface area is 184 Å². The van der Waals surface area contributed by atoms with Crippen molar-refractivity contribution >= 4 is 11.8 Å². The first-order chi connectivity index (χ1) is 15.0. The first-order valence-corrected chi connectivity index (χ1v) is 10.8. The summed E-state index contributed by atoms with van der Waals surface area (Å²) in [4.78, 5) is 28.0. The normalized spacial score (nSPS) is 14.9. The molecule has 2 amide bonds. The quantitative estimate of drug-likeness (QED) is 0.604. The largest absolute Gasteiger partial charge is 0.484 e. The van der Waals surface area contributed by atoms with Crippen molar-refractivity contribution in [3.8, 4) is 5.75 Å². The van der Waals surface area contributed by atoms with E-state index in [0.29, 0.717) is 12.3 Å². The number of piperazine rings is 1. The molecule has 0 saturated carbocycles. The summed E-state index contributed by atoms with van der Waals surface area (Å²) in [5.41, 5.74) is 8.34. The van der Waals surface area contributed by atoms with Gasteiger partial charge >= 0.3 is 0 Å². The van der Waals surface area contributed by atoms with Crippen molar-refractivity contribution in [2.75, 3.05) is 39.3 Å². The molecule has 1 aliphatic heterocycles. The highest BCUT2D eigenvalue weighted by molar-refractivity contribution is 5.77. The number of ether oxygens (including phenoxy) is 1. The standard InChI is InChI=1S/C24H32N4O3/c1-2-27-11-13-28(14-12-27)17-21-5-3-20(4-6-21)16-26-24(30)18-31-22-9-7-19(8-10-22)15-23(25)29/h3-10H,2,11-18H2,1H3,(H2,25,29)(H,26,30). The number of rotatable bonds is 10. The van der Waals surface area contributed by atoms with Crippen LogP contribution in [0.5, 0.6) is 5.75 Å². The number of benzene rings is 2. The molecule has 3 rings (SSSR count). The van der Waals surface area contributed by atoms with Crippen LogP contribution in [0.3, 0.4) is 0 Å². The van der Waals surface area contributed by atoms with Crippen LogP contribution in [-0.4, -0.2) is 60.9 Å². The lowest BCUT2D eigenvalue weighted by atomic mass is 10.1. The van der Waals surface area contributed by atoms with E-state index in [1.165, 1.54) is 5.56 Å². The van der Waals surface area contributed by atoms with Gasteiger partial charge in [-0.15, -0.1) is 0 Å². The van der Waals surface area contributed by atoms with Crippen molar-refractivity contribution in [2.24, 2.45) is 5.73 Å². The van der Waals surface area contributed by atoms with E-state index in [-0.39, 0.29) is 24.8 Å². The zero-order valence-electron chi connectivity index (χ0n) is 18.2. The van der Waals surface area contributed by atoms with Crippen molar-refractivity contribution in [3.05, 3.63) is 65.2 Å². The summed E-state index contributed by atoms with van der Waals surface area (Å²) < 4.78 is 5.50. The number of nitrogens with zero attached hydrogens (tertiary/aromatic N) is 2. The van der Waals surface area contributed by atoms with Gasteiger partial charge in [-0.2, -0.15) is 0 Å². The molecule has 1 heterocycles. The van der Waals surface area contributed by atoms with Gasteiger partial charge in [-0.25, -0.2) is 0 Å². The molecule has 31 heavy (non-hydrogen) atoms. The third kappa shape index (κ3) is 7.70. The molecule has 1 fully saturated rings. The third-order valence-corrected chi connectivity index (χ3v) is 5.50. The van der Waals surface area contributed by atoms with Crippen molar-refractivity contribution in [1.82, 2.24) is 15.1 Å². The molecule has 0 radical (unpaired) electrons. The van der Waals surface area contributed by atoms with E-state index in [1.54, 1.807) is 24.3 Å². The molecule has 1 aliphatic rings. The summed E-state index contributed by atoms with van der Waals surface area (Å²) in [7, 11) is 0. The molecule has 0 aromatic heterocycles. The summed E-state index contributed by atoms with van der Waals surface area (Å²) in [6, 6.07) is 15.4. The predicted octanol–water partition coefficient (Wildman–Crippen LogP) is 1.55. The zero-order chi connectivity index (χ0) is 22.1. The van der Waals surface area contributed by atoms with Gasteiger partial charge in [-0.1, -0.05) is 43.3 Å². The fourth-order valence-electron chi connectivity index (χ4n) is 3.59. The van der Waals surface area contributed by atoms with Crippen molar-refractivity contribution < 1.29 is 14.3 Å². The van der Waals surface area contributed by atoms with Crippen LogP contribution in [0.2, 0.25) is 0 Å². The monoisotopic (exact) mass is 424 g/mol. The Bertz CT molecular complexity index is 844. The number of likely N-dealkylation sites (N-methyl/N-ethyl adjacent to an activating group) is 1. The van der Waals surface area contributed by atoms with Gasteiger partial charge in [0.2, 0.25) is 5.91 Å². The second-order valence-corrected chi connectivity index (χ2v) is 7.88. The van der Waals surface area contributed by atoms with Gasteiger partial charge in [0.15, 0.2) is 6.61 Å². The van der Waals surface area contributed by atoms with Gasteiger partial charge in [-0.3, -0.25) is 14.5 Å². The molecule has 1 saturated heterocycles. The highest BCUT2D eigenvalue weighted by Crippen LogP contribution is 2.13. The van der Waals surface area contributed by atoms with Gasteiger partial charge in [-0.05, 0) is 35.4 Å². The Balaban J connectivity index is 1.36. The summed E-state index contributed by atoms with van der Waals surface area (Å²) in [5, 5.41) is 2.88. The van der Waals surface area contributed by atoms with Gasteiger partial charge in [0.25, 0.3) is 5.91 Å². The van der Waals surface area contributed by atoms with E-state index >= 15 is 0 Å². The van der Waals surface area contributed by atoms with Gasteiger partial charge in [0, 0.05) is 39.3 Å². The molecule has 7 heteroatoms. The van der Waals surface area contributed by atoms with Gasteiger partial charge < -0.3 is 20.7 Å². The van der Waals surface area contributed by atoms with Crippen LogP contribution < -0.4 is 15.8 Å². The Morgan fingerprint density at radius 2 is 1.48 bits per heavy atom. The smallest absolute Gasteiger partial charge is 0.258 e. The summed E-state index contributed by atoms with van der Waals surface area (Å²) in [6.45, 7) is 9.22. The van der Waals surface area contributed by atoms with Crippen LogP contribution in [0.1, 0.15) is 23.6 Å².